The van der Waals surface area contributed by atoms with Crippen LogP contribution < -0.4 is 5.32 Å². The van der Waals surface area contributed by atoms with Crippen LogP contribution in [0.1, 0.15) is 12.0 Å². The number of carbonyl (C=O) groups is 1. The van der Waals surface area contributed by atoms with Gasteiger partial charge in [-0.05, 0) is 12.0 Å². The van der Waals surface area contributed by atoms with Gasteiger partial charge in [-0.1, -0.05) is 48.6 Å². The minimum Gasteiger partial charge on any atom is -0.377 e. The van der Waals surface area contributed by atoms with Crippen LogP contribution in [-0.2, 0) is 4.79 Å². The number of ketones is 1. The molecule has 0 amide bonds. The molecule has 0 spiro atoms. The average Bonchev–Trinajstić information content (AvgIpc) is 2.40. The molecule has 2 heteroatoms. The molecular weight excluding hydrogens is 210 g/mol. The van der Waals surface area contributed by atoms with Gasteiger partial charge in [0.1, 0.15) is 0 Å². The van der Waals surface area contributed by atoms with Crippen molar-refractivity contribution in [3.8, 4) is 0 Å². The zero-order valence-corrected chi connectivity index (χ0v) is 9.39. The predicted molar refractivity (Wildman–Crippen MR) is 68.2 cm³/mol. The lowest BCUT2D eigenvalue weighted by molar-refractivity contribution is -0.111. The number of hydrogen-bond acceptors (Lipinski definition) is 2. The summed E-state index contributed by atoms with van der Waals surface area (Å²) in [7, 11) is 0. The van der Waals surface area contributed by atoms with Gasteiger partial charge in [-0.3, -0.25) is 4.79 Å². The second-order valence-corrected chi connectivity index (χ2v) is 4.27. The fraction of sp³-hybridized carbons (Fsp3) is 0.133. The summed E-state index contributed by atoms with van der Waals surface area (Å²) in [5.74, 6) is 0.122. The summed E-state index contributed by atoms with van der Waals surface area (Å²) in [5.41, 5.74) is 2.86. The normalized spacial score (nSPS) is 22.4. The molecule has 1 aromatic rings. The van der Waals surface area contributed by atoms with Crippen LogP contribution in [0.2, 0.25) is 0 Å². The predicted octanol–water partition coefficient (Wildman–Crippen LogP) is 2.45. The van der Waals surface area contributed by atoms with Crippen LogP contribution in [0.3, 0.4) is 0 Å². The van der Waals surface area contributed by atoms with E-state index in [1.807, 2.05) is 42.5 Å². The highest BCUT2D eigenvalue weighted by molar-refractivity contribution is 6.10. The van der Waals surface area contributed by atoms with Gasteiger partial charge >= 0.3 is 0 Å². The molecule has 2 aliphatic rings. The van der Waals surface area contributed by atoms with Gasteiger partial charge in [0.05, 0.1) is 6.04 Å². The largest absolute Gasteiger partial charge is 0.377 e. The van der Waals surface area contributed by atoms with Crippen LogP contribution in [0, 0.1) is 0 Å². The van der Waals surface area contributed by atoms with E-state index in [0.29, 0.717) is 0 Å². The molecule has 17 heavy (non-hydrogen) atoms. The third kappa shape index (κ3) is 1.82. The van der Waals surface area contributed by atoms with Crippen molar-refractivity contribution < 1.29 is 4.79 Å². The van der Waals surface area contributed by atoms with E-state index >= 15 is 0 Å². The van der Waals surface area contributed by atoms with Crippen LogP contribution >= 0.6 is 0 Å². The van der Waals surface area contributed by atoms with Crippen LogP contribution in [-0.4, -0.2) is 11.8 Å². The molecule has 1 aromatic carbocycles. The maximum atomic E-state index is 12.0. The quantitative estimate of drug-likeness (QED) is 0.792. The van der Waals surface area contributed by atoms with Crippen molar-refractivity contribution in [3.05, 3.63) is 65.8 Å². The first-order chi connectivity index (χ1) is 8.34. The Morgan fingerprint density at radius 2 is 2.00 bits per heavy atom. The lowest BCUT2D eigenvalue weighted by Gasteiger charge is -2.28. The van der Waals surface area contributed by atoms with Gasteiger partial charge < -0.3 is 5.32 Å². The zero-order valence-electron chi connectivity index (χ0n) is 9.39. The van der Waals surface area contributed by atoms with Crippen molar-refractivity contribution in [1.82, 2.24) is 5.32 Å². The minimum absolute atomic E-state index is 0.122. The van der Waals surface area contributed by atoms with Gasteiger partial charge in [-0.2, -0.15) is 0 Å². The molecule has 1 aliphatic carbocycles. The second kappa shape index (κ2) is 4.06. The SMILES string of the molecule is O=C1C=C(c2ccccc2)NC2CC=CC=C12. The van der Waals surface area contributed by atoms with E-state index < -0.39 is 0 Å². The van der Waals surface area contributed by atoms with Gasteiger partial charge in [0.25, 0.3) is 0 Å². The van der Waals surface area contributed by atoms with Crippen LogP contribution in [0.4, 0.5) is 0 Å². The van der Waals surface area contributed by atoms with E-state index in [0.717, 1.165) is 23.3 Å². The molecule has 0 radical (unpaired) electrons. The summed E-state index contributed by atoms with van der Waals surface area (Å²) < 4.78 is 0. The Morgan fingerprint density at radius 3 is 2.82 bits per heavy atom. The van der Waals surface area contributed by atoms with Crippen molar-refractivity contribution in [3.63, 3.8) is 0 Å². The standard InChI is InChI=1S/C15H13NO/c17-15-10-14(11-6-2-1-3-7-11)16-13-9-5-4-8-12(13)15/h1-8,10,13,16H,9H2. The molecule has 1 heterocycles. The molecule has 0 saturated carbocycles. The van der Waals surface area contributed by atoms with Gasteiger partial charge in [0.2, 0.25) is 0 Å². The van der Waals surface area contributed by atoms with E-state index in [9.17, 15) is 4.79 Å². The smallest absolute Gasteiger partial charge is 0.185 e. The maximum absolute atomic E-state index is 12.0. The van der Waals surface area contributed by atoms with E-state index in [-0.39, 0.29) is 11.8 Å². The number of fused-ring (bicyclic) bond motifs is 1. The molecule has 1 unspecified atom stereocenters. The number of rotatable bonds is 1. The fourth-order valence-electron chi connectivity index (χ4n) is 2.25. The van der Waals surface area contributed by atoms with Gasteiger partial charge in [0, 0.05) is 17.3 Å². The number of allylic oxidation sites excluding steroid dienone is 3. The topological polar surface area (TPSA) is 29.1 Å². The second-order valence-electron chi connectivity index (χ2n) is 4.27. The Kier molecular flexibility index (Phi) is 2.41. The molecule has 1 N–H and O–H groups in total. The highest BCUT2D eigenvalue weighted by Gasteiger charge is 2.25. The Morgan fingerprint density at radius 1 is 1.18 bits per heavy atom. The lowest BCUT2D eigenvalue weighted by Crippen LogP contribution is -2.37. The molecule has 3 rings (SSSR count). The molecule has 0 aromatic heterocycles. The first-order valence-electron chi connectivity index (χ1n) is 5.79. The summed E-state index contributed by atoms with van der Waals surface area (Å²) in [5, 5.41) is 3.42. The van der Waals surface area contributed by atoms with Crippen molar-refractivity contribution in [2.24, 2.45) is 0 Å². The molecular formula is C15H13NO. The number of carbonyl (C=O) groups excluding carboxylic acids is 1. The fourth-order valence-corrected chi connectivity index (χ4v) is 2.25. The van der Waals surface area contributed by atoms with Gasteiger partial charge in [-0.15, -0.1) is 0 Å². The Bertz CT molecular complexity index is 537. The van der Waals surface area contributed by atoms with Gasteiger partial charge in [-0.25, -0.2) is 0 Å². The summed E-state index contributed by atoms with van der Waals surface area (Å²) >= 11 is 0. The van der Waals surface area contributed by atoms with E-state index in [2.05, 4.69) is 11.4 Å². The first kappa shape index (κ1) is 10.1. The minimum atomic E-state index is 0.122. The molecule has 0 saturated heterocycles. The Hall–Kier alpha value is -2.09. The van der Waals surface area contributed by atoms with Gasteiger partial charge in [0.15, 0.2) is 5.78 Å². The molecule has 0 bridgehead atoms. The monoisotopic (exact) mass is 223 g/mol. The molecule has 2 nitrogen and oxygen atoms in total. The Balaban J connectivity index is 1.98. The van der Waals surface area contributed by atoms with E-state index in [1.165, 1.54) is 0 Å². The lowest BCUT2D eigenvalue weighted by atomic mass is 9.90. The summed E-state index contributed by atoms with van der Waals surface area (Å²) in [6.45, 7) is 0. The zero-order chi connectivity index (χ0) is 11.7. The number of hydrogen-bond donors (Lipinski definition) is 1. The highest BCUT2D eigenvalue weighted by atomic mass is 16.1. The highest BCUT2D eigenvalue weighted by Crippen LogP contribution is 2.24. The first-order valence-corrected chi connectivity index (χ1v) is 5.79. The van der Waals surface area contributed by atoms with Crippen molar-refractivity contribution >= 4 is 11.5 Å². The van der Waals surface area contributed by atoms with Crippen LogP contribution in [0.5, 0.6) is 0 Å². The maximum Gasteiger partial charge on any atom is 0.185 e. The molecule has 1 aliphatic heterocycles. The van der Waals surface area contributed by atoms with Crippen molar-refractivity contribution in [2.75, 3.05) is 0 Å². The van der Waals surface area contributed by atoms with Crippen molar-refractivity contribution in [1.29, 1.82) is 0 Å². The Labute approximate surface area is 100 Å². The average molecular weight is 223 g/mol. The number of nitrogens with one attached hydrogen (secondary N) is 1. The van der Waals surface area contributed by atoms with Crippen LogP contribution in [0.25, 0.3) is 5.70 Å². The summed E-state index contributed by atoms with van der Waals surface area (Å²) in [6, 6.07) is 10.1. The van der Waals surface area contributed by atoms with Crippen LogP contribution in [0.15, 0.2) is 60.2 Å². The molecule has 1 atom stereocenters. The van der Waals surface area contributed by atoms with E-state index in [1.54, 1.807) is 6.08 Å². The number of benzene rings is 1. The molecule has 0 fully saturated rings. The third-order valence-corrected chi connectivity index (χ3v) is 3.13. The third-order valence-electron chi connectivity index (χ3n) is 3.13. The summed E-state index contributed by atoms with van der Waals surface area (Å²) in [4.78, 5) is 12.0. The van der Waals surface area contributed by atoms with Crippen molar-refractivity contribution in [2.45, 2.75) is 12.5 Å². The summed E-state index contributed by atoms with van der Waals surface area (Å²) in [6.07, 6.45) is 8.51. The van der Waals surface area contributed by atoms with E-state index in [4.69, 9.17) is 0 Å². The molecule has 84 valence electrons.